The van der Waals surface area contributed by atoms with E-state index < -0.39 is 0 Å². The van der Waals surface area contributed by atoms with E-state index in [0.717, 1.165) is 33.0 Å². The molecule has 0 N–H and O–H groups in total. The average Bonchev–Trinajstić information content (AvgIpc) is 2.60. The van der Waals surface area contributed by atoms with Gasteiger partial charge in [-0.05, 0) is 41.0 Å². The molecular formula is C21H18O2. The lowest BCUT2D eigenvalue weighted by Gasteiger charge is -2.06. The van der Waals surface area contributed by atoms with Crippen LogP contribution in [0.15, 0.2) is 60.7 Å². The van der Waals surface area contributed by atoms with E-state index in [1.165, 1.54) is 0 Å². The molecule has 2 nitrogen and oxygen atoms in total. The summed E-state index contributed by atoms with van der Waals surface area (Å²) in [7, 11) is 0. The average molecular weight is 302 g/mol. The van der Waals surface area contributed by atoms with Crippen LogP contribution in [0.2, 0.25) is 0 Å². The van der Waals surface area contributed by atoms with Crippen LogP contribution in [0.1, 0.15) is 41.0 Å². The minimum absolute atomic E-state index is 0.0761. The molecule has 0 saturated carbocycles. The van der Waals surface area contributed by atoms with E-state index in [1.54, 1.807) is 6.92 Å². The van der Waals surface area contributed by atoms with Gasteiger partial charge in [0.15, 0.2) is 11.6 Å². The Hall–Kier alpha value is -2.74. The molecule has 0 fully saturated rings. The minimum atomic E-state index is 0.0761. The number of ketones is 2. The van der Waals surface area contributed by atoms with Gasteiger partial charge >= 0.3 is 0 Å². The fourth-order valence-electron chi connectivity index (χ4n) is 2.70. The van der Waals surface area contributed by atoms with Crippen molar-refractivity contribution < 1.29 is 9.59 Å². The normalized spacial score (nSPS) is 10.7. The number of rotatable bonds is 4. The van der Waals surface area contributed by atoms with Gasteiger partial charge < -0.3 is 0 Å². The van der Waals surface area contributed by atoms with Crippen molar-refractivity contribution in [3.05, 3.63) is 71.8 Å². The minimum Gasteiger partial charge on any atom is -0.295 e. The largest absolute Gasteiger partial charge is 0.295 e. The number of hydrogen-bond donors (Lipinski definition) is 0. The van der Waals surface area contributed by atoms with Crippen molar-refractivity contribution in [2.24, 2.45) is 0 Å². The molecule has 0 aliphatic carbocycles. The van der Waals surface area contributed by atoms with Gasteiger partial charge in [-0.2, -0.15) is 0 Å². The van der Waals surface area contributed by atoms with Crippen molar-refractivity contribution in [2.45, 2.75) is 20.3 Å². The predicted molar refractivity (Wildman–Crippen MR) is 94.0 cm³/mol. The van der Waals surface area contributed by atoms with E-state index in [4.69, 9.17) is 0 Å². The van der Waals surface area contributed by atoms with Gasteiger partial charge in [-0.25, -0.2) is 0 Å². The third kappa shape index (κ3) is 3.07. The third-order valence-corrected chi connectivity index (χ3v) is 4.11. The van der Waals surface area contributed by atoms with E-state index in [0.29, 0.717) is 6.42 Å². The smallest absolute Gasteiger partial charge is 0.162 e. The molecule has 0 radical (unpaired) electrons. The third-order valence-electron chi connectivity index (χ3n) is 4.11. The van der Waals surface area contributed by atoms with Crippen molar-refractivity contribution in [3.8, 4) is 11.1 Å². The zero-order valence-electron chi connectivity index (χ0n) is 13.3. The van der Waals surface area contributed by atoms with Crippen molar-refractivity contribution >= 4 is 22.3 Å². The number of carbonyl (C=O) groups is 2. The Morgan fingerprint density at radius 2 is 1.30 bits per heavy atom. The first-order valence-corrected chi connectivity index (χ1v) is 7.77. The molecule has 0 atom stereocenters. The van der Waals surface area contributed by atoms with Gasteiger partial charge in [0.25, 0.3) is 0 Å². The molecule has 0 amide bonds. The first-order chi connectivity index (χ1) is 11.1. The van der Waals surface area contributed by atoms with Crippen LogP contribution in [0.5, 0.6) is 0 Å². The molecule has 114 valence electrons. The van der Waals surface area contributed by atoms with Crippen LogP contribution in [0.3, 0.4) is 0 Å². The molecule has 0 aromatic heterocycles. The molecule has 0 aliphatic heterocycles. The van der Waals surface area contributed by atoms with Crippen LogP contribution in [-0.4, -0.2) is 11.6 Å². The second-order valence-electron chi connectivity index (χ2n) is 5.69. The monoisotopic (exact) mass is 302 g/mol. The molecule has 23 heavy (non-hydrogen) atoms. The molecule has 3 rings (SSSR count). The Morgan fingerprint density at radius 3 is 1.96 bits per heavy atom. The van der Waals surface area contributed by atoms with Crippen molar-refractivity contribution in [1.29, 1.82) is 0 Å². The lowest BCUT2D eigenvalue weighted by Crippen LogP contribution is -1.95. The van der Waals surface area contributed by atoms with Gasteiger partial charge in [-0.3, -0.25) is 9.59 Å². The quantitative estimate of drug-likeness (QED) is 0.613. The molecule has 0 unspecified atom stereocenters. The maximum Gasteiger partial charge on any atom is 0.162 e. The molecule has 3 aromatic rings. The second kappa shape index (κ2) is 6.17. The summed E-state index contributed by atoms with van der Waals surface area (Å²) in [5, 5.41) is 2.15. The summed E-state index contributed by atoms with van der Waals surface area (Å²) in [5.41, 5.74) is 3.66. The number of Topliss-reactive ketones (excluding diaryl/α,β-unsaturated/α-hetero) is 2. The van der Waals surface area contributed by atoms with Crippen molar-refractivity contribution in [3.63, 3.8) is 0 Å². The number of benzene rings is 3. The van der Waals surface area contributed by atoms with Gasteiger partial charge in [0, 0.05) is 17.5 Å². The highest BCUT2D eigenvalue weighted by Gasteiger charge is 2.05. The number of fused-ring (bicyclic) bond motifs is 1. The molecule has 0 saturated heterocycles. The fraction of sp³-hybridized carbons (Fsp3) is 0.143. The zero-order chi connectivity index (χ0) is 16.4. The Kier molecular flexibility index (Phi) is 4.07. The second-order valence-corrected chi connectivity index (χ2v) is 5.69. The summed E-state index contributed by atoms with van der Waals surface area (Å²) >= 11 is 0. The first kappa shape index (κ1) is 15.2. The van der Waals surface area contributed by atoms with E-state index in [-0.39, 0.29) is 11.6 Å². The highest BCUT2D eigenvalue weighted by Crippen LogP contribution is 2.26. The van der Waals surface area contributed by atoms with Gasteiger partial charge in [-0.15, -0.1) is 0 Å². The topological polar surface area (TPSA) is 34.1 Å². The Bertz CT molecular complexity index is 889. The first-order valence-electron chi connectivity index (χ1n) is 7.77. The predicted octanol–water partition coefficient (Wildman–Crippen LogP) is 5.30. The van der Waals surface area contributed by atoms with Gasteiger partial charge in [0.2, 0.25) is 0 Å². The lowest BCUT2D eigenvalue weighted by molar-refractivity contribution is 0.0986. The lowest BCUT2D eigenvalue weighted by atomic mass is 9.98. The highest BCUT2D eigenvalue weighted by molar-refractivity contribution is 5.99. The Labute approximate surface area is 135 Å². The maximum atomic E-state index is 11.7. The summed E-state index contributed by atoms with van der Waals surface area (Å²) in [6.07, 6.45) is 0.522. The molecule has 0 spiro atoms. The molecule has 0 heterocycles. The van der Waals surface area contributed by atoms with Crippen LogP contribution in [0, 0.1) is 0 Å². The highest BCUT2D eigenvalue weighted by atomic mass is 16.1. The molecule has 0 aliphatic rings. The van der Waals surface area contributed by atoms with Crippen LogP contribution in [0.25, 0.3) is 21.9 Å². The van der Waals surface area contributed by atoms with Crippen molar-refractivity contribution in [2.75, 3.05) is 0 Å². The molecular weight excluding hydrogens is 284 g/mol. The van der Waals surface area contributed by atoms with E-state index in [9.17, 15) is 9.59 Å². The SMILES string of the molecule is CCC(=O)c1ccc(-c2ccc3cc(C(C)=O)ccc3c2)cc1. The zero-order valence-corrected chi connectivity index (χ0v) is 13.3. The Balaban J connectivity index is 1.98. The summed E-state index contributed by atoms with van der Waals surface area (Å²) in [6, 6.07) is 19.7. The van der Waals surface area contributed by atoms with E-state index in [1.807, 2.05) is 61.5 Å². The van der Waals surface area contributed by atoms with Crippen LogP contribution >= 0.6 is 0 Å². The van der Waals surface area contributed by atoms with Crippen LogP contribution in [-0.2, 0) is 0 Å². The summed E-state index contributed by atoms with van der Waals surface area (Å²) in [5.74, 6) is 0.235. The number of hydrogen-bond acceptors (Lipinski definition) is 2. The van der Waals surface area contributed by atoms with Gasteiger partial charge in [-0.1, -0.05) is 55.5 Å². The summed E-state index contributed by atoms with van der Waals surface area (Å²) in [6.45, 7) is 3.45. The summed E-state index contributed by atoms with van der Waals surface area (Å²) < 4.78 is 0. The molecule has 2 heteroatoms. The van der Waals surface area contributed by atoms with Crippen LogP contribution in [0.4, 0.5) is 0 Å². The molecule has 3 aromatic carbocycles. The fourth-order valence-corrected chi connectivity index (χ4v) is 2.70. The van der Waals surface area contributed by atoms with Crippen LogP contribution < -0.4 is 0 Å². The maximum absolute atomic E-state index is 11.7. The molecule has 0 bridgehead atoms. The number of carbonyl (C=O) groups excluding carboxylic acids is 2. The standard InChI is InChI=1S/C21H18O2/c1-3-21(23)16-6-4-15(5-7-16)18-10-11-19-12-17(14(2)22)8-9-20(19)13-18/h4-13H,3H2,1-2H3. The van der Waals surface area contributed by atoms with E-state index in [2.05, 4.69) is 6.07 Å². The van der Waals surface area contributed by atoms with E-state index >= 15 is 0 Å². The van der Waals surface area contributed by atoms with Crippen molar-refractivity contribution in [1.82, 2.24) is 0 Å². The summed E-state index contributed by atoms with van der Waals surface area (Å²) in [4.78, 5) is 23.2. The Morgan fingerprint density at radius 1 is 0.739 bits per heavy atom. The van der Waals surface area contributed by atoms with Gasteiger partial charge in [0.1, 0.15) is 0 Å². The van der Waals surface area contributed by atoms with Gasteiger partial charge in [0.05, 0.1) is 0 Å².